The smallest absolute Gasteiger partial charge is 0.0308 e. The molecule has 2 rings (SSSR count). The van der Waals surface area contributed by atoms with Crippen molar-refractivity contribution >= 4 is 0 Å². The summed E-state index contributed by atoms with van der Waals surface area (Å²) in [5.41, 5.74) is 5.08. The van der Waals surface area contributed by atoms with Gasteiger partial charge in [0.05, 0.1) is 0 Å². The number of hydrogen-bond acceptors (Lipinski definition) is 2. The van der Waals surface area contributed by atoms with Crippen LogP contribution >= 0.6 is 0 Å². The first-order valence-corrected chi connectivity index (χ1v) is 7.09. The summed E-state index contributed by atoms with van der Waals surface area (Å²) >= 11 is 0. The van der Waals surface area contributed by atoms with Crippen molar-refractivity contribution < 1.29 is 0 Å². The van der Waals surface area contributed by atoms with Crippen LogP contribution in [-0.2, 0) is 0 Å². The van der Waals surface area contributed by atoms with E-state index in [-0.39, 0.29) is 0 Å². The van der Waals surface area contributed by atoms with Crippen LogP contribution in [-0.4, -0.2) is 9.97 Å². The van der Waals surface area contributed by atoms with Crippen molar-refractivity contribution in [3.05, 3.63) is 48.0 Å². The number of rotatable bonds is 3. The van der Waals surface area contributed by atoms with Crippen molar-refractivity contribution in [1.82, 2.24) is 9.97 Å². The average Bonchev–Trinajstić information content (AvgIpc) is 2.49. The molecule has 0 saturated carbocycles. The highest BCUT2D eigenvalue weighted by atomic mass is 14.6. The highest BCUT2D eigenvalue weighted by molar-refractivity contribution is 5.69. The minimum Gasteiger partial charge on any atom is -0.264 e. The molecular formula is C17H24N2. The van der Waals surface area contributed by atoms with E-state index in [9.17, 15) is 0 Å². The van der Waals surface area contributed by atoms with Crippen molar-refractivity contribution in [2.24, 2.45) is 0 Å². The minimum atomic E-state index is 0.534. The fourth-order valence-electron chi connectivity index (χ4n) is 2.04. The van der Waals surface area contributed by atoms with E-state index in [1.165, 1.54) is 22.3 Å². The summed E-state index contributed by atoms with van der Waals surface area (Å²) < 4.78 is 0. The fraction of sp³-hybridized carbons (Fsp3) is 0.412. The Bertz CT molecular complexity index is 506. The van der Waals surface area contributed by atoms with Gasteiger partial charge in [-0.2, -0.15) is 0 Å². The van der Waals surface area contributed by atoms with Gasteiger partial charge in [0, 0.05) is 24.8 Å². The Morgan fingerprint density at radius 3 is 2.16 bits per heavy atom. The van der Waals surface area contributed by atoms with Crippen molar-refractivity contribution in [1.29, 1.82) is 0 Å². The average molecular weight is 256 g/mol. The summed E-state index contributed by atoms with van der Waals surface area (Å²) in [6, 6.07) is 4.18. The predicted molar refractivity (Wildman–Crippen MR) is 82.3 cm³/mol. The van der Waals surface area contributed by atoms with Crippen molar-refractivity contribution in [3.8, 4) is 11.1 Å². The van der Waals surface area contributed by atoms with Crippen LogP contribution in [0.2, 0.25) is 0 Å². The number of aromatic nitrogens is 2. The second kappa shape index (κ2) is 7.67. The lowest BCUT2D eigenvalue weighted by molar-refractivity contribution is 0.731. The molecule has 0 aliphatic rings. The summed E-state index contributed by atoms with van der Waals surface area (Å²) in [7, 11) is 0. The molecule has 19 heavy (non-hydrogen) atoms. The number of hydrogen-bond donors (Lipinski definition) is 0. The van der Waals surface area contributed by atoms with Crippen molar-refractivity contribution in [2.75, 3.05) is 0 Å². The molecule has 2 aromatic heterocycles. The van der Waals surface area contributed by atoms with Crippen LogP contribution in [0.15, 0.2) is 36.9 Å². The van der Waals surface area contributed by atoms with E-state index in [4.69, 9.17) is 0 Å². The third-order valence-electron chi connectivity index (χ3n) is 3.31. The van der Waals surface area contributed by atoms with E-state index in [1.807, 2.05) is 38.6 Å². The number of nitrogens with zero attached hydrogens (tertiary/aromatic N) is 2. The topological polar surface area (TPSA) is 25.8 Å². The monoisotopic (exact) mass is 256 g/mol. The number of pyridine rings is 2. The summed E-state index contributed by atoms with van der Waals surface area (Å²) in [6.45, 7) is 10.6. The lowest BCUT2D eigenvalue weighted by Crippen LogP contribution is -1.97. The zero-order valence-electron chi connectivity index (χ0n) is 12.6. The molecule has 0 N–H and O–H groups in total. The van der Waals surface area contributed by atoms with Gasteiger partial charge in [0.25, 0.3) is 0 Å². The largest absolute Gasteiger partial charge is 0.264 e. The first kappa shape index (κ1) is 15.4. The SMILES string of the molecule is CC.CCC(C)c1cnccc1-c1ccncc1C. The van der Waals surface area contributed by atoms with Crippen LogP contribution in [0.1, 0.15) is 51.2 Å². The zero-order valence-corrected chi connectivity index (χ0v) is 12.6. The second-order valence-electron chi connectivity index (χ2n) is 4.46. The molecule has 1 unspecified atom stereocenters. The molecule has 2 nitrogen and oxygen atoms in total. The van der Waals surface area contributed by atoms with Crippen LogP contribution in [0.3, 0.4) is 0 Å². The highest BCUT2D eigenvalue weighted by Gasteiger charge is 2.11. The molecule has 0 fully saturated rings. The molecule has 0 aromatic carbocycles. The Labute approximate surface area is 116 Å². The molecule has 0 saturated heterocycles. The van der Waals surface area contributed by atoms with E-state index in [2.05, 4.69) is 42.9 Å². The standard InChI is InChI=1S/C15H18N2.C2H6/c1-4-11(2)15-10-17-8-6-14(15)13-5-7-16-9-12(13)3;1-2/h5-11H,4H2,1-3H3;1-2H3. The minimum absolute atomic E-state index is 0.534. The third kappa shape index (κ3) is 3.63. The fourth-order valence-corrected chi connectivity index (χ4v) is 2.04. The Balaban J connectivity index is 0.000000861. The van der Waals surface area contributed by atoms with E-state index >= 15 is 0 Å². The molecule has 0 aliphatic heterocycles. The quantitative estimate of drug-likeness (QED) is 0.773. The van der Waals surface area contributed by atoms with E-state index in [1.54, 1.807) is 0 Å². The van der Waals surface area contributed by atoms with E-state index in [0.29, 0.717) is 5.92 Å². The second-order valence-corrected chi connectivity index (χ2v) is 4.46. The van der Waals surface area contributed by atoms with Crippen molar-refractivity contribution in [2.45, 2.75) is 47.0 Å². The Morgan fingerprint density at radius 1 is 1.00 bits per heavy atom. The van der Waals surface area contributed by atoms with Gasteiger partial charge in [-0.3, -0.25) is 9.97 Å². The summed E-state index contributed by atoms with van der Waals surface area (Å²) in [5.74, 6) is 0.534. The lowest BCUT2D eigenvalue weighted by Gasteiger charge is -2.15. The molecule has 0 spiro atoms. The molecule has 1 atom stereocenters. The normalized spacial score (nSPS) is 11.4. The molecular weight excluding hydrogens is 232 g/mol. The van der Waals surface area contributed by atoms with E-state index in [0.717, 1.165) is 6.42 Å². The summed E-state index contributed by atoms with van der Waals surface area (Å²) in [4.78, 5) is 8.40. The molecule has 0 amide bonds. The molecule has 2 aromatic rings. The van der Waals surface area contributed by atoms with E-state index < -0.39 is 0 Å². The van der Waals surface area contributed by atoms with Gasteiger partial charge in [0.15, 0.2) is 0 Å². The maximum atomic E-state index is 4.25. The predicted octanol–water partition coefficient (Wildman–Crippen LogP) is 4.99. The van der Waals surface area contributed by atoms with Gasteiger partial charge in [0.2, 0.25) is 0 Å². The lowest BCUT2D eigenvalue weighted by atomic mass is 9.91. The van der Waals surface area contributed by atoms with Crippen LogP contribution in [0, 0.1) is 6.92 Å². The molecule has 102 valence electrons. The van der Waals surface area contributed by atoms with Gasteiger partial charge in [-0.05, 0) is 53.6 Å². The van der Waals surface area contributed by atoms with Gasteiger partial charge >= 0.3 is 0 Å². The van der Waals surface area contributed by atoms with Crippen LogP contribution < -0.4 is 0 Å². The number of aryl methyl sites for hydroxylation is 1. The molecule has 0 radical (unpaired) electrons. The van der Waals surface area contributed by atoms with Crippen LogP contribution in [0.4, 0.5) is 0 Å². The summed E-state index contributed by atoms with van der Waals surface area (Å²) in [6.07, 6.45) is 8.74. The first-order chi connectivity index (χ1) is 9.24. The maximum absolute atomic E-state index is 4.25. The zero-order chi connectivity index (χ0) is 14.3. The highest BCUT2D eigenvalue weighted by Crippen LogP contribution is 2.31. The molecule has 2 heterocycles. The van der Waals surface area contributed by atoms with Gasteiger partial charge in [-0.15, -0.1) is 0 Å². The van der Waals surface area contributed by atoms with Crippen molar-refractivity contribution in [3.63, 3.8) is 0 Å². The van der Waals surface area contributed by atoms with Gasteiger partial charge in [0.1, 0.15) is 0 Å². The molecule has 2 heteroatoms. The molecule has 0 bridgehead atoms. The van der Waals surface area contributed by atoms with Gasteiger partial charge < -0.3 is 0 Å². The van der Waals surface area contributed by atoms with Gasteiger partial charge in [-0.25, -0.2) is 0 Å². The first-order valence-electron chi connectivity index (χ1n) is 7.09. The third-order valence-corrected chi connectivity index (χ3v) is 3.31. The maximum Gasteiger partial charge on any atom is 0.0308 e. The van der Waals surface area contributed by atoms with Crippen LogP contribution in [0.5, 0.6) is 0 Å². The Kier molecular flexibility index (Phi) is 6.20. The Hall–Kier alpha value is -1.70. The summed E-state index contributed by atoms with van der Waals surface area (Å²) in [5, 5.41) is 0. The molecule has 0 aliphatic carbocycles. The van der Waals surface area contributed by atoms with Gasteiger partial charge in [-0.1, -0.05) is 27.7 Å². The van der Waals surface area contributed by atoms with Crippen LogP contribution in [0.25, 0.3) is 11.1 Å². The Morgan fingerprint density at radius 2 is 1.58 bits per heavy atom.